The van der Waals surface area contributed by atoms with E-state index in [9.17, 15) is 9.90 Å². The molecule has 0 bridgehead atoms. The summed E-state index contributed by atoms with van der Waals surface area (Å²) in [5, 5.41) is 30.8. The van der Waals surface area contributed by atoms with E-state index in [1.807, 2.05) is 6.92 Å². The lowest BCUT2D eigenvalue weighted by Crippen LogP contribution is -2.53. The molecule has 0 aliphatic rings. The fourth-order valence-corrected chi connectivity index (χ4v) is 1.33. The van der Waals surface area contributed by atoms with Crippen molar-refractivity contribution < 1.29 is 24.9 Å². The molecule has 0 aliphatic heterocycles. The molecule has 6 heteroatoms. The summed E-state index contributed by atoms with van der Waals surface area (Å²) < 4.78 is 4.70. The second-order valence-corrected chi connectivity index (χ2v) is 3.99. The van der Waals surface area contributed by atoms with Crippen molar-refractivity contribution in [3.8, 4) is 0 Å². The number of rotatable bonds is 9. The first kappa shape index (κ1) is 16.3. The summed E-state index contributed by atoms with van der Waals surface area (Å²) in [5.41, 5.74) is -0.810. The first-order valence-corrected chi connectivity index (χ1v) is 5.84. The zero-order chi connectivity index (χ0) is 13.3. The molecule has 0 fully saturated rings. The second kappa shape index (κ2) is 8.41. The first-order valence-electron chi connectivity index (χ1n) is 5.84. The van der Waals surface area contributed by atoms with E-state index in [4.69, 9.17) is 14.9 Å². The number of nitrogens with one attached hydrogen (secondary N) is 1. The Morgan fingerprint density at radius 2 is 1.94 bits per heavy atom. The lowest BCUT2D eigenvalue weighted by molar-refractivity contribution is -0.145. The van der Waals surface area contributed by atoms with Crippen LogP contribution < -0.4 is 5.32 Å². The van der Waals surface area contributed by atoms with E-state index >= 15 is 0 Å². The van der Waals surface area contributed by atoms with Gasteiger partial charge in [0.25, 0.3) is 0 Å². The van der Waals surface area contributed by atoms with Crippen LogP contribution in [0.2, 0.25) is 0 Å². The van der Waals surface area contributed by atoms with E-state index in [2.05, 4.69) is 5.32 Å². The van der Waals surface area contributed by atoms with Crippen LogP contribution in [0.4, 0.5) is 0 Å². The van der Waals surface area contributed by atoms with Gasteiger partial charge < -0.3 is 25.4 Å². The van der Waals surface area contributed by atoms with Gasteiger partial charge in [0.05, 0.1) is 37.9 Å². The van der Waals surface area contributed by atoms with E-state index in [0.717, 1.165) is 0 Å². The molecule has 1 unspecified atom stereocenters. The monoisotopic (exact) mass is 249 g/mol. The minimum absolute atomic E-state index is 0.0997. The highest BCUT2D eigenvalue weighted by molar-refractivity contribution is 5.69. The number of esters is 1. The summed E-state index contributed by atoms with van der Waals surface area (Å²) in [5.74, 6) is -0.461. The summed E-state index contributed by atoms with van der Waals surface area (Å²) in [6.45, 7) is 3.45. The topological polar surface area (TPSA) is 99.0 Å². The van der Waals surface area contributed by atoms with Gasteiger partial charge in [0, 0.05) is 6.54 Å². The molecule has 0 aromatic rings. The normalized spacial score (nSPS) is 13.5. The van der Waals surface area contributed by atoms with Crippen LogP contribution in [0.5, 0.6) is 0 Å². The van der Waals surface area contributed by atoms with E-state index in [0.29, 0.717) is 6.42 Å². The number of ether oxygens (including phenoxy) is 1. The Labute approximate surface area is 102 Å². The van der Waals surface area contributed by atoms with Gasteiger partial charge in [0.15, 0.2) is 0 Å². The number of carbonyl (C=O) groups is 1. The molecular formula is C11H23NO5. The zero-order valence-corrected chi connectivity index (χ0v) is 10.5. The third-order valence-corrected chi connectivity index (χ3v) is 2.70. The number of aliphatic hydroxyl groups excluding tert-OH is 3. The average molecular weight is 249 g/mol. The van der Waals surface area contributed by atoms with Crippen molar-refractivity contribution in [2.75, 3.05) is 26.4 Å². The maximum absolute atomic E-state index is 11.1. The maximum Gasteiger partial charge on any atom is 0.308 e. The van der Waals surface area contributed by atoms with Gasteiger partial charge in [-0.1, -0.05) is 6.92 Å². The van der Waals surface area contributed by atoms with Gasteiger partial charge in [0.2, 0.25) is 0 Å². The van der Waals surface area contributed by atoms with E-state index in [1.54, 1.807) is 6.92 Å². The molecule has 4 N–H and O–H groups in total. The standard InChI is InChI=1S/C11H23NO5/c1-3-11(7-13,8-14)12-6-9(15)5-10(16)17-4-2/h9,12-15H,3-8H2,1-2H3. The third kappa shape index (κ3) is 5.97. The van der Waals surface area contributed by atoms with Gasteiger partial charge in [-0.2, -0.15) is 0 Å². The Hall–Kier alpha value is -0.690. The number of hydrogen-bond acceptors (Lipinski definition) is 6. The predicted molar refractivity (Wildman–Crippen MR) is 62.5 cm³/mol. The van der Waals surface area contributed by atoms with Crippen LogP contribution in [0.3, 0.4) is 0 Å². The molecule has 17 heavy (non-hydrogen) atoms. The fourth-order valence-electron chi connectivity index (χ4n) is 1.33. The van der Waals surface area contributed by atoms with Crippen molar-refractivity contribution in [2.45, 2.75) is 38.3 Å². The number of carbonyl (C=O) groups excluding carboxylic acids is 1. The van der Waals surface area contributed by atoms with Gasteiger partial charge in [-0.15, -0.1) is 0 Å². The Kier molecular flexibility index (Phi) is 8.07. The lowest BCUT2D eigenvalue weighted by atomic mass is 9.98. The molecule has 0 amide bonds. The number of hydrogen-bond donors (Lipinski definition) is 4. The Balaban J connectivity index is 4.04. The number of aliphatic hydroxyl groups is 3. The molecule has 0 aromatic heterocycles. The molecule has 0 saturated carbocycles. The van der Waals surface area contributed by atoms with Crippen molar-refractivity contribution in [1.29, 1.82) is 0 Å². The molecule has 0 spiro atoms. The largest absolute Gasteiger partial charge is 0.466 e. The van der Waals surface area contributed by atoms with E-state index < -0.39 is 17.6 Å². The summed E-state index contributed by atoms with van der Waals surface area (Å²) >= 11 is 0. The highest BCUT2D eigenvalue weighted by Crippen LogP contribution is 2.08. The van der Waals surface area contributed by atoms with Gasteiger partial charge in [-0.3, -0.25) is 4.79 Å². The Morgan fingerprint density at radius 1 is 1.35 bits per heavy atom. The van der Waals surface area contributed by atoms with Crippen LogP contribution >= 0.6 is 0 Å². The highest BCUT2D eigenvalue weighted by Gasteiger charge is 2.27. The SMILES string of the molecule is CCOC(=O)CC(O)CNC(CC)(CO)CO. The summed E-state index contributed by atoms with van der Waals surface area (Å²) in [7, 11) is 0. The molecule has 0 aliphatic carbocycles. The van der Waals surface area contributed by atoms with Crippen molar-refractivity contribution in [3.05, 3.63) is 0 Å². The summed E-state index contributed by atoms with van der Waals surface area (Å²) in [4.78, 5) is 11.1. The Morgan fingerprint density at radius 3 is 2.35 bits per heavy atom. The second-order valence-electron chi connectivity index (χ2n) is 3.99. The van der Waals surface area contributed by atoms with Crippen molar-refractivity contribution in [1.82, 2.24) is 5.32 Å². The average Bonchev–Trinajstić information content (AvgIpc) is 2.32. The quantitative estimate of drug-likeness (QED) is 0.392. The van der Waals surface area contributed by atoms with E-state index in [-0.39, 0.29) is 32.8 Å². The Bertz CT molecular complexity index is 210. The van der Waals surface area contributed by atoms with Crippen LogP contribution in [0.25, 0.3) is 0 Å². The van der Waals surface area contributed by atoms with Gasteiger partial charge in [0.1, 0.15) is 0 Å². The lowest BCUT2D eigenvalue weighted by Gasteiger charge is -2.30. The molecule has 1 atom stereocenters. The minimum Gasteiger partial charge on any atom is -0.466 e. The zero-order valence-electron chi connectivity index (χ0n) is 10.5. The molecule has 0 aromatic carbocycles. The molecule has 6 nitrogen and oxygen atoms in total. The summed E-state index contributed by atoms with van der Waals surface area (Å²) in [6, 6.07) is 0. The van der Waals surface area contributed by atoms with Crippen LogP contribution in [0, 0.1) is 0 Å². The van der Waals surface area contributed by atoms with Crippen molar-refractivity contribution in [3.63, 3.8) is 0 Å². The van der Waals surface area contributed by atoms with Crippen molar-refractivity contribution >= 4 is 5.97 Å². The van der Waals surface area contributed by atoms with Crippen LogP contribution in [0.15, 0.2) is 0 Å². The van der Waals surface area contributed by atoms with Crippen molar-refractivity contribution in [2.24, 2.45) is 0 Å². The maximum atomic E-state index is 11.1. The molecule has 0 heterocycles. The van der Waals surface area contributed by atoms with Crippen LogP contribution in [0.1, 0.15) is 26.7 Å². The molecule has 102 valence electrons. The third-order valence-electron chi connectivity index (χ3n) is 2.70. The summed E-state index contributed by atoms with van der Waals surface area (Å²) in [6.07, 6.45) is -0.470. The highest BCUT2D eigenvalue weighted by atomic mass is 16.5. The fraction of sp³-hybridized carbons (Fsp3) is 0.909. The van der Waals surface area contributed by atoms with Gasteiger partial charge in [-0.25, -0.2) is 0 Å². The molecule has 0 rings (SSSR count). The number of β-amino-alcohol motifs (C(OH)–C–C–N with tert-alkyl or cyclic N) is 1. The predicted octanol–water partition coefficient (Wildman–Crippen LogP) is -0.976. The first-order chi connectivity index (χ1) is 8.03. The molecule has 0 radical (unpaired) electrons. The van der Waals surface area contributed by atoms with Gasteiger partial charge in [-0.05, 0) is 13.3 Å². The van der Waals surface area contributed by atoms with Crippen LogP contribution in [-0.2, 0) is 9.53 Å². The molecular weight excluding hydrogens is 226 g/mol. The van der Waals surface area contributed by atoms with Crippen LogP contribution in [-0.4, -0.2) is 59.3 Å². The van der Waals surface area contributed by atoms with Gasteiger partial charge >= 0.3 is 5.97 Å². The van der Waals surface area contributed by atoms with E-state index in [1.165, 1.54) is 0 Å². The minimum atomic E-state index is -0.891. The molecule has 0 saturated heterocycles. The smallest absolute Gasteiger partial charge is 0.308 e.